The molecule has 0 aliphatic heterocycles. The maximum atomic E-state index is 11.2. The van der Waals surface area contributed by atoms with Crippen LogP contribution in [0.1, 0.15) is 12.5 Å². The van der Waals surface area contributed by atoms with E-state index in [1.165, 1.54) is 6.92 Å². The standard InChI is InChI=1S/C12H16N2O3/c1-9(15)14-8-12(17)13-7-6-10-2-4-11(16)5-3-10/h2-5,16H,6-8H2,1H3,(H,13,17)(H,14,15). The number of phenolic OH excluding ortho intramolecular Hbond substituents is 1. The molecule has 17 heavy (non-hydrogen) atoms. The summed E-state index contributed by atoms with van der Waals surface area (Å²) in [5, 5.41) is 14.2. The van der Waals surface area contributed by atoms with Crippen molar-refractivity contribution in [3.8, 4) is 5.75 Å². The van der Waals surface area contributed by atoms with E-state index in [1.807, 2.05) is 0 Å². The zero-order valence-electron chi connectivity index (χ0n) is 9.69. The minimum atomic E-state index is -0.223. The van der Waals surface area contributed by atoms with Crippen molar-refractivity contribution >= 4 is 11.8 Å². The Labute approximate surface area is 99.8 Å². The van der Waals surface area contributed by atoms with Gasteiger partial charge < -0.3 is 15.7 Å². The largest absolute Gasteiger partial charge is 0.508 e. The third kappa shape index (κ3) is 5.55. The Bertz CT molecular complexity index is 387. The molecule has 1 rings (SSSR count). The van der Waals surface area contributed by atoms with E-state index < -0.39 is 0 Å². The van der Waals surface area contributed by atoms with E-state index >= 15 is 0 Å². The van der Waals surface area contributed by atoms with Gasteiger partial charge in [0.05, 0.1) is 6.54 Å². The van der Waals surface area contributed by atoms with Crippen LogP contribution >= 0.6 is 0 Å². The molecule has 0 aromatic heterocycles. The van der Waals surface area contributed by atoms with Crippen LogP contribution in [0.3, 0.4) is 0 Å². The fourth-order valence-corrected chi connectivity index (χ4v) is 1.28. The molecule has 0 saturated carbocycles. The number of hydrogen-bond acceptors (Lipinski definition) is 3. The first-order valence-electron chi connectivity index (χ1n) is 5.37. The summed E-state index contributed by atoms with van der Waals surface area (Å²) >= 11 is 0. The summed E-state index contributed by atoms with van der Waals surface area (Å²) in [7, 11) is 0. The molecule has 1 aromatic rings. The first-order valence-corrected chi connectivity index (χ1v) is 5.37. The number of amides is 2. The van der Waals surface area contributed by atoms with Gasteiger partial charge in [0.2, 0.25) is 11.8 Å². The van der Waals surface area contributed by atoms with Crippen LogP contribution in [0.4, 0.5) is 0 Å². The molecular weight excluding hydrogens is 220 g/mol. The minimum absolute atomic E-state index is 0.00487. The molecule has 1 aromatic carbocycles. The van der Waals surface area contributed by atoms with Gasteiger partial charge in [-0.15, -0.1) is 0 Å². The highest BCUT2D eigenvalue weighted by atomic mass is 16.3. The third-order valence-corrected chi connectivity index (χ3v) is 2.17. The van der Waals surface area contributed by atoms with Crippen molar-refractivity contribution in [2.75, 3.05) is 13.1 Å². The molecule has 5 nitrogen and oxygen atoms in total. The van der Waals surface area contributed by atoms with E-state index in [9.17, 15) is 9.59 Å². The Morgan fingerprint density at radius 2 is 1.82 bits per heavy atom. The zero-order valence-corrected chi connectivity index (χ0v) is 9.69. The molecule has 0 radical (unpaired) electrons. The van der Waals surface area contributed by atoms with Crippen molar-refractivity contribution < 1.29 is 14.7 Å². The van der Waals surface area contributed by atoms with Crippen LogP contribution < -0.4 is 10.6 Å². The van der Waals surface area contributed by atoms with E-state index in [0.29, 0.717) is 13.0 Å². The molecule has 0 spiro atoms. The monoisotopic (exact) mass is 236 g/mol. The molecule has 0 atom stereocenters. The topological polar surface area (TPSA) is 78.4 Å². The molecular formula is C12H16N2O3. The van der Waals surface area contributed by atoms with E-state index in [2.05, 4.69) is 10.6 Å². The highest BCUT2D eigenvalue weighted by molar-refractivity contribution is 5.83. The van der Waals surface area contributed by atoms with Crippen LogP contribution in [0.25, 0.3) is 0 Å². The summed E-state index contributed by atoms with van der Waals surface area (Å²) < 4.78 is 0. The molecule has 0 saturated heterocycles. The van der Waals surface area contributed by atoms with Gasteiger partial charge in [-0.3, -0.25) is 9.59 Å². The Morgan fingerprint density at radius 3 is 2.41 bits per heavy atom. The Morgan fingerprint density at radius 1 is 1.18 bits per heavy atom. The number of phenols is 1. The summed E-state index contributed by atoms with van der Waals surface area (Å²) in [4.78, 5) is 21.8. The second-order valence-corrected chi connectivity index (χ2v) is 3.68. The number of aromatic hydroxyl groups is 1. The summed E-state index contributed by atoms with van der Waals surface area (Å²) in [5.74, 6) is -0.207. The maximum absolute atomic E-state index is 11.2. The van der Waals surface area contributed by atoms with Gasteiger partial charge in [0.1, 0.15) is 5.75 Å². The third-order valence-electron chi connectivity index (χ3n) is 2.17. The van der Waals surface area contributed by atoms with Crippen LogP contribution in [-0.2, 0) is 16.0 Å². The highest BCUT2D eigenvalue weighted by Gasteiger charge is 2.01. The zero-order chi connectivity index (χ0) is 12.7. The van der Waals surface area contributed by atoms with Gasteiger partial charge in [-0.2, -0.15) is 0 Å². The van der Waals surface area contributed by atoms with Crippen LogP contribution in [0.15, 0.2) is 24.3 Å². The van der Waals surface area contributed by atoms with Crippen molar-refractivity contribution in [2.24, 2.45) is 0 Å². The number of rotatable bonds is 5. The average molecular weight is 236 g/mol. The summed E-state index contributed by atoms with van der Waals surface area (Å²) in [6, 6.07) is 6.81. The Hall–Kier alpha value is -2.04. The van der Waals surface area contributed by atoms with Gasteiger partial charge in [-0.05, 0) is 24.1 Å². The number of nitrogens with one attached hydrogen (secondary N) is 2. The molecule has 2 amide bonds. The molecule has 0 heterocycles. The van der Waals surface area contributed by atoms with Crippen LogP contribution in [0, 0.1) is 0 Å². The molecule has 0 bridgehead atoms. The molecule has 0 unspecified atom stereocenters. The van der Waals surface area contributed by atoms with E-state index in [1.54, 1.807) is 24.3 Å². The van der Waals surface area contributed by atoms with Gasteiger partial charge in [0, 0.05) is 13.5 Å². The second kappa shape index (κ2) is 6.52. The highest BCUT2D eigenvalue weighted by Crippen LogP contribution is 2.09. The van der Waals surface area contributed by atoms with Crippen molar-refractivity contribution in [1.29, 1.82) is 0 Å². The summed E-state index contributed by atoms with van der Waals surface area (Å²) in [5.41, 5.74) is 1.03. The maximum Gasteiger partial charge on any atom is 0.239 e. The predicted octanol–water partition coefficient (Wildman–Crippen LogP) is 0.187. The lowest BCUT2D eigenvalue weighted by Gasteiger charge is -2.05. The lowest BCUT2D eigenvalue weighted by molar-refractivity contribution is -0.125. The molecule has 3 N–H and O–H groups in total. The summed E-state index contributed by atoms with van der Waals surface area (Å²) in [6.45, 7) is 1.87. The van der Waals surface area contributed by atoms with Gasteiger partial charge in [-0.1, -0.05) is 12.1 Å². The Kier molecular flexibility index (Phi) is 5.00. The smallest absolute Gasteiger partial charge is 0.239 e. The SMILES string of the molecule is CC(=O)NCC(=O)NCCc1ccc(O)cc1. The van der Waals surface area contributed by atoms with Gasteiger partial charge >= 0.3 is 0 Å². The first kappa shape index (κ1) is 13.0. The van der Waals surface area contributed by atoms with Crippen molar-refractivity contribution in [3.63, 3.8) is 0 Å². The lowest BCUT2D eigenvalue weighted by Crippen LogP contribution is -2.36. The number of carbonyl (C=O) groups is 2. The lowest BCUT2D eigenvalue weighted by atomic mass is 10.1. The molecule has 0 aliphatic rings. The van der Waals surface area contributed by atoms with E-state index in [-0.39, 0.29) is 24.1 Å². The van der Waals surface area contributed by atoms with Crippen molar-refractivity contribution in [1.82, 2.24) is 10.6 Å². The fraction of sp³-hybridized carbons (Fsp3) is 0.333. The number of carbonyl (C=O) groups excluding carboxylic acids is 2. The average Bonchev–Trinajstić information content (AvgIpc) is 2.29. The van der Waals surface area contributed by atoms with Crippen molar-refractivity contribution in [2.45, 2.75) is 13.3 Å². The van der Waals surface area contributed by atoms with Crippen LogP contribution in [0.5, 0.6) is 5.75 Å². The van der Waals surface area contributed by atoms with Gasteiger partial charge in [0.25, 0.3) is 0 Å². The second-order valence-electron chi connectivity index (χ2n) is 3.68. The molecule has 0 fully saturated rings. The quantitative estimate of drug-likeness (QED) is 0.682. The van der Waals surface area contributed by atoms with Crippen LogP contribution in [0.2, 0.25) is 0 Å². The van der Waals surface area contributed by atoms with Crippen molar-refractivity contribution in [3.05, 3.63) is 29.8 Å². The molecule has 5 heteroatoms. The van der Waals surface area contributed by atoms with E-state index in [0.717, 1.165) is 5.56 Å². The first-order chi connectivity index (χ1) is 8.08. The van der Waals surface area contributed by atoms with Gasteiger partial charge in [-0.25, -0.2) is 0 Å². The number of hydrogen-bond donors (Lipinski definition) is 3. The predicted molar refractivity (Wildman–Crippen MR) is 63.5 cm³/mol. The fourth-order valence-electron chi connectivity index (χ4n) is 1.28. The minimum Gasteiger partial charge on any atom is -0.508 e. The molecule has 92 valence electrons. The summed E-state index contributed by atoms with van der Waals surface area (Å²) in [6.07, 6.45) is 0.687. The van der Waals surface area contributed by atoms with Gasteiger partial charge in [0.15, 0.2) is 0 Å². The van der Waals surface area contributed by atoms with E-state index in [4.69, 9.17) is 5.11 Å². The van der Waals surface area contributed by atoms with Crippen LogP contribution in [-0.4, -0.2) is 30.0 Å². The Balaban J connectivity index is 2.21. The number of benzene rings is 1. The molecule has 0 aliphatic carbocycles. The normalized spacial score (nSPS) is 9.71.